The Morgan fingerprint density at radius 3 is 2.36 bits per heavy atom. The zero-order valence-corrected chi connectivity index (χ0v) is 14.3. The summed E-state index contributed by atoms with van der Waals surface area (Å²) >= 11 is 0. The summed E-state index contributed by atoms with van der Waals surface area (Å²) in [5.41, 5.74) is -0.570. The van der Waals surface area contributed by atoms with Crippen LogP contribution in [0.4, 0.5) is 27.8 Å². The van der Waals surface area contributed by atoms with Gasteiger partial charge in [0.25, 0.3) is 5.91 Å². The molecule has 2 heterocycles. The number of halogens is 5. The van der Waals surface area contributed by atoms with Crippen LogP contribution in [0.25, 0.3) is 11.3 Å². The van der Waals surface area contributed by atoms with Crippen LogP contribution in [0.3, 0.4) is 0 Å². The SMILES string of the molecule is CCc1oc(C(F)(F)F)nc1-c1ccc(NC(=O)c2c(F)cccc2F)nc1. The van der Waals surface area contributed by atoms with Crippen molar-refractivity contribution < 1.29 is 31.2 Å². The summed E-state index contributed by atoms with van der Waals surface area (Å²) in [4.78, 5) is 19.4. The van der Waals surface area contributed by atoms with E-state index in [0.29, 0.717) is 0 Å². The molecule has 1 amide bonds. The van der Waals surface area contributed by atoms with Gasteiger partial charge in [0.15, 0.2) is 0 Å². The first-order valence-corrected chi connectivity index (χ1v) is 7.99. The lowest BCUT2D eigenvalue weighted by molar-refractivity contribution is -0.157. The highest BCUT2D eigenvalue weighted by molar-refractivity contribution is 6.04. The average Bonchev–Trinajstić information content (AvgIpc) is 3.07. The Morgan fingerprint density at radius 1 is 1.14 bits per heavy atom. The van der Waals surface area contributed by atoms with E-state index in [1.165, 1.54) is 18.3 Å². The van der Waals surface area contributed by atoms with Crippen molar-refractivity contribution in [3.05, 3.63) is 65.4 Å². The Hall–Kier alpha value is -3.30. The van der Waals surface area contributed by atoms with Crippen LogP contribution in [-0.2, 0) is 12.6 Å². The van der Waals surface area contributed by atoms with Gasteiger partial charge in [0, 0.05) is 18.2 Å². The molecule has 3 rings (SSSR count). The number of aromatic nitrogens is 2. The molecule has 0 unspecified atom stereocenters. The fraction of sp³-hybridized carbons (Fsp3) is 0.167. The highest BCUT2D eigenvalue weighted by Crippen LogP contribution is 2.33. The maximum atomic E-state index is 13.6. The van der Waals surface area contributed by atoms with Crippen LogP contribution >= 0.6 is 0 Å². The second-order valence-electron chi connectivity index (χ2n) is 5.63. The Bertz CT molecular complexity index is 993. The molecule has 2 aromatic heterocycles. The maximum Gasteiger partial charge on any atom is 0.468 e. The molecule has 28 heavy (non-hydrogen) atoms. The van der Waals surface area contributed by atoms with E-state index in [0.717, 1.165) is 18.2 Å². The predicted octanol–water partition coefficient (Wildman–Crippen LogP) is 4.85. The topological polar surface area (TPSA) is 68.0 Å². The van der Waals surface area contributed by atoms with Gasteiger partial charge in [-0.3, -0.25) is 4.79 Å². The maximum absolute atomic E-state index is 13.6. The molecule has 0 aliphatic heterocycles. The molecule has 0 fully saturated rings. The number of nitrogens with one attached hydrogen (secondary N) is 1. The largest absolute Gasteiger partial charge is 0.468 e. The highest BCUT2D eigenvalue weighted by atomic mass is 19.4. The Balaban J connectivity index is 1.85. The molecule has 0 saturated heterocycles. The summed E-state index contributed by atoms with van der Waals surface area (Å²) in [7, 11) is 0. The van der Waals surface area contributed by atoms with Crippen LogP contribution in [0.15, 0.2) is 40.9 Å². The molecule has 0 aliphatic carbocycles. The van der Waals surface area contributed by atoms with Crippen molar-refractivity contribution >= 4 is 11.7 Å². The molecular formula is C18H12F5N3O2. The Labute approximate surface area is 155 Å². The molecule has 3 aromatic rings. The molecule has 0 bridgehead atoms. The molecule has 0 saturated carbocycles. The molecule has 10 heteroatoms. The van der Waals surface area contributed by atoms with Crippen LogP contribution in [0, 0.1) is 11.6 Å². The summed E-state index contributed by atoms with van der Waals surface area (Å²) in [5.74, 6) is -4.51. The summed E-state index contributed by atoms with van der Waals surface area (Å²) < 4.78 is 70.4. The third-order valence-corrected chi connectivity index (χ3v) is 3.73. The normalized spacial score (nSPS) is 11.5. The molecular weight excluding hydrogens is 385 g/mol. The zero-order valence-electron chi connectivity index (χ0n) is 14.3. The molecule has 0 spiro atoms. The van der Waals surface area contributed by atoms with Gasteiger partial charge >= 0.3 is 12.1 Å². The van der Waals surface area contributed by atoms with Gasteiger partial charge in [-0.15, -0.1) is 0 Å². The molecule has 1 aromatic carbocycles. The quantitative estimate of drug-likeness (QED) is 0.639. The zero-order chi connectivity index (χ0) is 20.5. The smallest absolute Gasteiger partial charge is 0.437 e. The van der Waals surface area contributed by atoms with Crippen LogP contribution in [0.1, 0.15) is 28.9 Å². The monoisotopic (exact) mass is 397 g/mol. The van der Waals surface area contributed by atoms with Crippen molar-refractivity contribution in [1.82, 2.24) is 9.97 Å². The number of carbonyl (C=O) groups excluding carboxylic acids is 1. The van der Waals surface area contributed by atoms with Gasteiger partial charge in [-0.2, -0.15) is 13.2 Å². The third kappa shape index (κ3) is 3.85. The minimum Gasteiger partial charge on any atom is -0.437 e. The predicted molar refractivity (Wildman–Crippen MR) is 88.4 cm³/mol. The minimum atomic E-state index is -4.73. The minimum absolute atomic E-state index is 0.0272. The number of carbonyl (C=O) groups is 1. The van der Waals surface area contributed by atoms with E-state index in [2.05, 4.69) is 15.3 Å². The first-order valence-electron chi connectivity index (χ1n) is 7.99. The van der Waals surface area contributed by atoms with Crippen LogP contribution in [0.2, 0.25) is 0 Å². The van der Waals surface area contributed by atoms with E-state index in [1.807, 2.05) is 0 Å². The van der Waals surface area contributed by atoms with Gasteiger partial charge in [-0.05, 0) is 24.3 Å². The van der Waals surface area contributed by atoms with E-state index in [9.17, 15) is 26.7 Å². The number of aryl methyl sites for hydroxylation is 1. The van der Waals surface area contributed by atoms with Gasteiger partial charge in [-0.1, -0.05) is 13.0 Å². The number of amides is 1. The van der Waals surface area contributed by atoms with Gasteiger partial charge in [0.05, 0.1) is 0 Å². The molecule has 0 atom stereocenters. The van der Waals surface area contributed by atoms with E-state index in [4.69, 9.17) is 4.42 Å². The van der Waals surface area contributed by atoms with E-state index < -0.39 is 35.2 Å². The molecule has 0 aliphatic rings. The first kappa shape index (κ1) is 19.5. The second-order valence-corrected chi connectivity index (χ2v) is 5.63. The van der Waals surface area contributed by atoms with Gasteiger partial charge in [0.1, 0.15) is 34.5 Å². The number of hydrogen-bond acceptors (Lipinski definition) is 4. The summed E-state index contributed by atoms with van der Waals surface area (Å²) in [6.07, 6.45) is -3.39. The number of oxazole rings is 1. The molecule has 146 valence electrons. The van der Waals surface area contributed by atoms with E-state index >= 15 is 0 Å². The van der Waals surface area contributed by atoms with Crippen molar-refractivity contribution in [2.75, 3.05) is 5.32 Å². The van der Waals surface area contributed by atoms with Crippen molar-refractivity contribution in [1.29, 1.82) is 0 Å². The summed E-state index contributed by atoms with van der Waals surface area (Å²) in [6, 6.07) is 5.62. The number of benzene rings is 1. The van der Waals surface area contributed by atoms with Crippen molar-refractivity contribution in [3.8, 4) is 11.3 Å². The molecule has 5 nitrogen and oxygen atoms in total. The molecule has 0 radical (unpaired) electrons. The van der Waals surface area contributed by atoms with Crippen molar-refractivity contribution in [3.63, 3.8) is 0 Å². The van der Waals surface area contributed by atoms with Gasteiger partial charge in [-0.25, -0.2) is 18.7 Å². The van der Waals surface area contributed by atoms with Gasteiger partial charge < -0.3 is 9.73 Å². The first-order chi connectivity index (χ1) is 13.2. The highest BCUT2D eigenvalue weighted by Gasteiger charge is 2.38. The van der Waals surface area contributed by atoms with Gasteiger partial charge in [0.2, 0.25) is 0 Å². The fourth-order valence-electron chi connectivity index (χ4n) is 2.44. The van der Waals surface area contributed by atoms with Crippen LogP contribution in [-0.4, -0.2) is 15.9 Å². The van der Waals surface area contributed by atoms with Crippen LogP contribution in [0.5, 0.6) is 0 Å². The second kappa shape index (κ2) is 7.37. The van der Waals surface area contributed by atoms with E-state index in [1.54, 1.807) is 6.92 Å². The number of alkyl halides is 3. The number of anilines is 1. The average molecular weight is 397 g/mol. The lowest BCUT2D eigenvalue weighted by Gasteiger charge is -2.07. The van der Waals surface area contributed by atoms with Crippen molar-refractivity contribution in [2.24, 2.45) is 0 Å². The Morgan fingerprint density at radius 2 is 1.82 bits per heavy atom. The molecule has 1 N–H and O–H groups in total. The third-order valence-electron chi connectivity index (χ3n) is 3.73. The van der Waals surface area contributed by atoms with E-state index in [-0.39, 0.29) is 29.3 Å². The van der Waals surface area contributed by atoms with Crippen molar-refractivity contribution in [2.45, 2.75) is 19.5 Å². The lowest BCUT2D eigenvalue weighted by Crippen LogP contribution is -2.16. The number of rotatable bonds is 4. The number of hydrogen-bond donors (Lipinski definition) is 1. The number of nitrogens with zero attached hydrogens (tertiary/aromatic N) is 2. The lowest BCUT2D eigenvalue weighted by atomic mass is 10.1. The Kier molecular flexibility index (Phi) is 5.12. The fourth-order valence-corrected chi connectivity index (χ4v) is 2.44. The standard InChI is InChI=1S/C18H12F5N3O2/c1-2-12-15(26-17(28-12)18(21,22)23)9-6-7-13(24-8-9)25-16(27)14-10(19)4-3-5-11(14)20/h3-8H,2H2,1H3,(H,24,25,27). The summed E-state index contributed by atoms with van der Waals surface area (Å²) in [6.45, 7) is 1.61. The summed E-state index contributed by atoms with van der Waals surface area (Å²) in [5, 5.41) is 2.22. The number of pyridine rings is 1. The van der Waals surface area contributed by atoms with Crippen LogP contribution < -0.4 is 5.32 Å².